The molecule has 2 bridgehead atoms. The Bertz CT molecular complexity index is 882. The maximum absolute atomic E-state index is 14.0. The lowest BCUT2D eigenvalue weighted by atomic mass is 9.77. The first kappa shape index (κ1) is 30.8. The van der Waals surface area contributed by atoms with Gasteiger partial charge < -0.3 is 22.1 Å². The van der Waals surface area contributed by atoms with E-state index in [2.05, 4.69) is 34.3 Å². The van der Waals surface area contributed by atoms with Crippen LogP contribution in [0.15, 0.2) is 0 Å². The molecule has 0 aliphatic carbocycles. The number of likely N-dealkylation sites (tertiary alicyclic amines) is 2. The molecule has 0 spiro atoms. The van der Waals surface area contributed by atoms with E-state index in [0.29, 0.717) is 6.54 Å². The van der Waals surface area contributed by atoms with E-state index in [4.69, 9.17) is 23.1 Å². The fourth-order valence-electron chi connectivity index (χ4n) is 8.38. The van der Waals surface area contributed by atoms with E-state index in [0.717, 1.165) is 90.5 Å². The predicted octanol–water partition coefficient (Wildman–Crippen LogP) is 2.15. The number of hydrogen-bond acceptors (Lipinski definition) is 7. The summed E-state index contributed by atoms with van der Waals surface area (Å²) in [5, 5.41) is 6.84. The van der Waals surface area contributed by atoms with Crippen molar-refractivity contribution in [2.24, 2.45) is 22.8 Å². The average molecular weight is 588 g/mol. The number of rotatable bonds is 9. The number of alkyl halides is 3. The fraction of sp³-hybridized carbons (Fsp3) is 0.966. The number of halogens is 3. The summed E-state index contributed by atoms with van der Waals surface area (Å²) in [6.45, 7) is 9.36. The molecule has 5 aliphatic heterocycles. The summed E-state index contributed by atoms with van der Waals surface area (Å²) in [7, 11) is 0. The number of unbranched alkanes of at least 4 members (excludes halogenated alkanes) is 1. The Hall–Kier alpha value is -0.620. The van der Waals surface area contributed by atoms with E-state index in [1.54, 1.807) is 0 Å². The van der Waals surface area contributed by atoms with Crippen LogP contribution in [0.25, 0.3) is 0 Å². The van der Waals surface area contributed by atoms with Crippen molar-refractivity contribution in [3.63, 3.8) is 0 Å². The fourth-order valence-corrected chi connectivity index (χ4v) is 8.77. The van der Waals surface area contributed by atoms with Crippen molar-refractivity contribution < 1.29 is 13.6 Å². The van der Waals surface area contributed by atoms with Gasteiger partial charge in [-0.25, -0.2) is 8.78 Å². The number of fused-ring (bicyclic) bond motifs is 2. The normalized spacial score (nSPS) is 40.0. The maximum atomic E-state index is 14.0. The van der Waals surface area contributed by atoms with Gasteiger partial charge in [0.25, 0.3) is 5.92 Å². The molecule has 5 aliphatic rings. The van der Waals surface area contributed by atoms with Crippen LogP contribution in [0, 0.1) is 11.3 Å². The number of piperidine rings is 2. The Morgan fingerprint density at radius 3 is 2.45 bits per heavy atom. The third kappa shape index (κ3) is 6.79. The van der Waals surface area contributed by atoms with Gasteiger partial charge in [-0.15, -0.1) is 11.6 Å². The summed E-state index contributed by atoms with van der Waals surface area (Å²) in [5.41, 5.74) is 12.8. The molecule has 0 radical (unpaired) electrons. The van der Waals surface area contributed by atoms with Crippen LogP contribution in [0.2, 0.25) is 0 Å². The van der Waals surface area contributed by atoms with E-state index in [1.807, 2.05) is 4.90 Å². The van der Waals surface area contributed by atoms with Crippen molar-refractivity contribution in [1.29, 1.82) is 0 Å². The third-order valence-corrected chi connectivity index (χ3v) is 11.2. The summed E-state index contributed by atoms with van der Waals surface area (Å²) < 4.78 is 26.8. The summed E-state index contributed by atoms with van der Waals surface area (Å²) in [6, 6.07) is 0.383. The second-order valence-electron chi connectivity index (χ2n) is 14.0. The second-order valence-corrected chi connectivity index (χ2v) is 14.8. The molecule has 0 aromatic heterocycles. The van der Waals surface area contributed by atoms with E-state index in [-0.39, 0.29) is 53.5 Å². The largest absolute Gasteiger partial charge is 0.350 e. The highest BCUT2D eigenvalue weighted by molar-refractivity contribution is 6.24. The number of amides is 1. The van der Waals surface area contributed by atoms with Crippen LogP contribution >= 0.6 is 11.6 Å². The molecule has 11 heteroatoms. The summed E-state index contributed by atoms with van der Waals surface area (Å²) in [5.74, 6) is -3.08. The summed E-state index contributed by atoms with van der Waals surface area (Å²) in [6.07, 6.45) is 8.16. The first-order valence-electron chi connectivity index (χ1n) is 15.7. The van der Waals surface area contributed by atoms with Crippen LogP contribution in [-0.2, 0) is 4.79 Å². The lowest BCUT2D eigenvalue weighted by Gasteiger charge is -2.49. The molecule has 230 valence electrons. The molecular weight excluding hydrogens is 536 g/mol. The molecule has 0 aromatic carbocycles. The van der Waals surface area contributed by atoms with Gasteiger partial charge in [-0.2, -0.15) is 0 Å². The molecule has 7 atom stereocenters. The highest BCUT2D eigenvalue weighted by atomic mass is 35.5. The maximum Gasteiger partial charge on any atom is 0.272 e. The highest BCUT2D eigenvalue weighted by Gasteiger charge is 2.52. The van der Waals surface area contributed by atoms with Gasteiger partial charge in [0.15, 0.2) is 0 Å². The first-order valence-corrected chi connectivity index (χ1v) is 16.1. The summed E-state index contributed by atoms with van der Waals surface area (Å²) in [4.78, 5) is 20.5. The first-order chi connectivity index (χ1) is 18.9. The van der Waals surface area contributed by atoms with Gasteiger partial charge in [0.05, 0.1) is 36.1 Å². The quantitative estimate of drug-likeness (QED) is 0.242. The molecule has 40 heavy (non-hydrogen) atoms. The zero-order chi connectivity index (χ0) is 28.7. The number of hydrogen-bond donors (Lipinski definition) is 4. The smallest absolute Gasteiger partial charge is 0.272 e. The van der Waals surface area contributed by atoms with E-state index in [1.165, 1.54) is 0 Å². The topological polar surface area (TPSA) is 103 Å². The van der Waals surface area contributed by atoms with Gasteiger partial charge in [-0.3, -0.25) is 19.5 Å². The van der Waals surface area contributed by atoms with Crippen molar-refractivity contribution in [2.75, 3.05) is 52.4 Å². The monoisotopic (exact) mass is 587 g/mol. The molecule has 6 N–H and O–H groups in total. The van der Waals surface area contributed by atoms with Crippen molar-refractivity contribution in [2.45, 2.75) is 113 Å². The van der Waals surface area contributed by atoms with E-state index >= 15 is 0 Å². The molecule has 1 amide bonds. The Morgan fingerprint density at radius 1 is 1.07 bits per heavy atom. The molecule has 0 aromatic rings. The Labute approximate surface area is 244 Å². The highest BCUT2D eigenvalue weighted by Crippen LogP contribution is 2.48. The average Bonchev–Trinajstić information content (AvgIpc) is 3.13. The Balaban J connectivity index is 1.23. The molecule has 5 heterocycles. The van der Waals surface area contributed by atoms with Crippen LogP contribution in [-0.4, -0.2) is 114 Å². The molecule has 8 nitrogen and oxygen atoms in total. The van der Waals surface area contributed by atoms with E-state index < -0.39 is 18.0 Å². The number of carbonyl (C=O) groups excluding carboxylic acids is 1. The molecule has 5 fully saturated rings. The summed E-state index contributed by atoms with van der Waals surface area (Å²) >= 11 is 7.20. The minimum Gasteiger partial charge on any atom is -0.350 e. The van der Waals surface area contributed by atoms with Gasteiger partial charge in [0.2, 0.25) is 5.91 Å². The van der Waals surface area contributed by atoms with Crippen molar-refractivity contribution in [3.05, 3.63) is 0 Å². The SMILES string of the molecule is CCCCC1(Cl)CC[C@]2(C)CC(C(C(=O)NC3CNCCC3N3CCC(N4CC(F)(F)C4)CC3)C(N)N)N(C1)C2. The van der Waals surface area contributed by atoms with Gasteiger partial charge in [-0.05, 0) is 56.9 Å². The third-order valence-electron chi connectivity index (χ3n) is 10.7. The number of nitrogens with zero attached hydrogens (tertiary/aromatic N) is 3. The molecule has 6 unspecified atom stereocenters. The predicted molar refractivity (Wildman–Crippen MR) is 155 cm³/mol. The molecule has 0 saturated carbocycles. The van der Waals surface area contributed by atoms with Crippen molar-refractivity contribution in [3.8, 4) is 0 Å². The lowest BCUT2D eigenvalue weighted by Crippen LogP contribution is -2.65. The lowest BCUT2D eigenvalue weighted by molar-refractivity contribution is -0.152. The van der Waals surface area contributed by atoms with E-state index in [9.17, 15) is 13.6 Å². The molecule has 5 rings (SSSR count). The second kappa shape index (κ2) is 12.2. The minimum atomic E-state index is -2.52. The molecule has 5 saturated heterocycles. The number of nitrogens with two attached hydrogens (primary N) is 2. The van der Waals surface area contributed by atoms with Gasteiger partial charge >= 0.3 is 0 Å². The Morgan fingerprint density at radius 2 is 1.80 bits per heavy atom. The van der Waals surface area contributed by atoms with Crippen molar-refractivity contribution >= 4 is 17.5 Å². The standard InChI is InChI=1S/C29H52ClF2N7O/c1-3-4-8-28(30)10-9-27(2)14-23(39(16-27)17-28)24(25(33)34)26(40)36-21-15-35-11-5-22(21)37-12-6-20(7-13-37)38-18-29(31,32)19-38/h20-25,35H,3-19,33-34H2,1-2H3,(H,36,40)/t21?,22?,23?,24?,27-,28?/m1/s1. The van der Waals surface area contributed by atoms with Gasteiger partial charge in [-0.1, -0.05) is 26.7 Å². The van der Waals surface area contributed by atoms with Crippen LogP contribution in [0.4, 0.5) is 8.78 Å². The van der Waals surface area contributed by atoms with Gasteiger partial charge in [0.1, 0.15) is 0 Å². The van der Waals surface area contributed by atoms with Crippen molar-refractivity contribution in [1.82, 2.24) is 25.3 Å². The molecular formula is C29H52ClF2N7O. The van der Waals surface area contributed by atoms with Crippen LogP contribution < -0.4 is 22.1 Å². The number of carbonyl (C=O) groups is 1. The zero-order valence-corrected chi connectivity index (χ0v) is 25.3. The number of nitrogens with one attached hydrogen (secondary N) is 2. The van der Waals surface area contributed by atoms with Gasteiger partial charge in [0, 0.05) is 50.8 Å². The van der Waals surface area contributed by atoms with Crippen LogP contribution in [0.3, 0.4) is 0 Å². The Kier molecular flexibility index (Phi) is 9.38. The minimum absolute atomic E-state index is 0.0227. The van der Waals surface area contributed by atoms with Crippen LogP contribution in [0.1, 0.15) is 71.6 Å². The van der Waals surface area contributed by atoms with Crippen LogP contribution in [0.5, 0.6) is 0 Å². The zero-order valence-electron chi connectivity index (χ0n) is 24.5.